The van der Waals surface area contributed by atoms with E-state index in [9.17, 15) is 4.79 Å². The minimum absolute atomic E-state index is 0.0302. The number of halogens is 1. The first kappa shape index (κ1) is 19.3. The van der Waals surface area contributed by atoms with E-state index < -0.39 is 0 Å². The van der Waals surface area contributed by atoms with Crippen molar-refractivity contribution in [3.05, 3.63) is 64.2 Å². The van der Waals surface area contributed by atoms with Crippen LogP contribution in [0.4, 0.5) is 0 Å². The number of hydrogen-bond donors (Lipinski definition) is 1. The minimum atomic E-state index is -0.0441. The van der Waals surface area contributed by atoms with Gasteiger partial charge in [-0.3, -0.25) is 4.79 Å². The predicted molar refractivity (Wildman–Crippen MR) is 106 cm³/mol. The summed E-state index contributed by atoms with van der Waals surface area (Å²) in [5.41, 5.74) is 2.34. The zero-order valence-electron chi connectivity index (χ0n) is 15.5. The van der Waals surface area contributed by atoms with Crippen molar-refractivity contribution in [1.29, 1.82) is 5.26 Å². The average Bonchev–Trinajstić information content (AvgIpc) is 3.08. The van der Waals surface area contributed by atoms with E-state index in [0.29, 0.717) is 27.8 Å². The molecule has 0 aromatic heterocycles. The average molecular weight is 383 g/mol. The Morgan fingerprint density at radius 3 is 2.59 bits per heavy atom. The van der Waals surface area contributed by atoms with E-state index in [1.807, 2.05) is 30.3 Å². The summed E-state index contributed by atoms with van der Waals surface area (Å²) in [6.07, 6.45) is 2.54. The van der Waals surface area contributed by atoms with E-state index in [1.54, 1.807) is 18.2 Å². The molecular formula is C22H23ClN2O2. The smallest absolute Gasteiger partial charge is 0.251 e. The molecule has 0 bridgehead atoms. The van der Waals surface area contributed by atoms with Crippen molar-refractivity contribution in [2.24, 2.45) is 0 Å². The maximum atomic E-state index is 12.5. The van der Waals surface area contributed by atoms with Crippen molar-refractivity contribution in [2.45, 2.75) is 51.2 Å². The van der Waals surface area contributed by atoms with Crippen LogP contribution >= 0.6 is 11.6 Å². The normalized spacial score (nSPS) is 18.9. The second-order valence-corrected chi connectivity index (χ2v) is 7.66. The van der Waals surface area contributed by atoms with Crippen LogP contribution in [0.25, 0.3) is 0 Å². The van der Waals surface area contributed by atoms with Crippen molar-refractivity contribution in [3.63, 3.8) is 0 Å². The maximum Gasteiger partial charge on any atom is 0.251 e. The lowest BCUT2D eigenvalue weighted by Crippen LogP contribution is -2.33. The third-order valence-electron chi connectivity index (χ3n) is 4.92. The SMILES string of the molecule is CC(C)c1ccc(C(=O)N[C@H]2CC[C@@H](Oc3ccc(C#N)c(Cl)c3)C2)cc1. The summed E-state index contributed by atoms with van der Waals surface area (Å²) in [5, 5.41) is 12.4. The lowest BCUT2D eigenvalue weighted by molar-refractivity contribution is 0.0935. The lowest BCUT2D eigenvalue weighted by atomic mass is 10.0. The van der Waals surface area contributed by atoms with Gasteiger partial charge in [0.1, 0.15) is 17.9 Å². The monoisotopic (exact) mass is 382 g/mol. The summed E-state index contributed by atoms with van der Waals surface area (Å²) in [6.45, 7) is 4.27. The molecular weight excluding hydrogens is 360 g/mol. The summed E-state index contributed by atoms with van der Waals surface area (Å²) in [4.78, 5) is 12.5. The van der Waals surface area contributed by atoms with Crippen LogP contribution < -0.4 is 10.1 Å². The van der Waals surface area contributed by atoms with Crippen LogP contribution in [0.2, 0.25) is 5.02 Å². The van der Waals surface area contributed by atoms with Crippen LogP contribution in [0.3, 0.4) is 0 Å². The molecule has 0 aliphatic heterocycles. The summed E-state index contributed by atoms with van der Waals surface area (Å²) < 4.78 is 5.97. The number of rotatable bonds is 5. The quantitative estimate of drug-likeness (QED) is 0.785. The number of nitrogens with one attached hydrogen (secondary N) is 1. The molecule has 27 heavy (non-hydrogen) atoms. The third-order valence-corrected chi connectivity index (χ3v) is 5.24. The van der Waals surface area contributed by atoms with Gasteiger partial charge in [0, 0.05) is 24.1 Å². The van der Waals surface area contributed by atoms with Crippen molar-refractivity contribution < 1.29 is 9.53 Å². The van der Waals surface area contributed by atoms with Gasteiger partial charge in [0.25, 0.3) is 5.91 Å². The highest BCUT2D eigenvalue weighted by atomic mass is 35.5. The number of amides is 1. The van der Waals surface area contributed by atoms with Crippen LogP contribution in [0.15, 0.2) is 42.5 Å². The molecule has 1 amide bonds. The van der Waals surface area contributed by atoms with Crippen molar-refractivity contribution in [1.82, 2.24) is 5.32 Å². The molecule has 2 aromatic rings. The Hall–Kier alpha value is -2.51. The van der Waals surface area contributed by atoms with Gasteiger partial charge < -0.3 is 10.1 Å². The molecule has 2 atom stereocenters. The van der Waals surface area contributed by atoms with E-state index in [0.717, 1.165) is 19.3 Å². The highest BCUT2D eigenvalue weighted by Gasteiger charge is 2.27. The maximum absolute atomic E-state index is 12.5. The Morgan fingerprint density at radius 1 is 1.22 bits per heavy atom. The summed E-state index contributed by atoms with van der Waals surface area (Å²) in [5.74, 6) is 1.06. The zero-order chi connectivity index (χ0) is 19.4. The molecule has 1 fully saturated rings. The fourth-order valence-electron chi connectivity index (χ4n) is 3.32. The van der Waals surface area contributed by atoms with Gasteiger partial charge in [0.2, 0.25) is 0 Å². The first-order valence-corrected chi connectivity index (χ1v) is 9.61. The molecule has 3 rings (SSSR count). The summed E-state index contributed by atoms with van der Waals surface area (Å²) >= 11 is 6.05. The fraction of sp³-hybridized carbons (Fsp3) is 0.364. The van der Waals surface area contributed by atoms with Gasteiger partial charge in [-0.05, 0) is 48.6 Å². The minimum Gasteiger partial charge on any atom is -0.490 e. The second kappa shape index (κ2) is 8.45. The Kier molecular flexibility index (Phi) is 6.03. The van der Waals surface area contributed by atoms with Gasteiger partial charge in [-0.25, -0.2) is 0 Å². The predicted octanol–water partition coefficient (Wildman–Crippen LogP) is 5.06. The molecule has 1 aliphatic carbocycles. The van der Waals surface area contributed by atoms with E-state index in [1.165, 1.54) is 5.56 Å². The number of nitrogens with zero attached hydrogens (tertiary/aromatic N) is 1. The lowest BCUT2D eigenvalue weighted by Gasteiger charge is -2.16. The van der Waals surface area contributed by atoms with Crippen molar-refractivity contribution in [2.75, 3.05) is 0 Å². The Balaban J connectivity index is 1.54. The van der Waals surface area contributed by atoms with Gasteiger partial charge in [-0.15, -0.1) is 0 Å². The van der Waals surface area contributed by atoms with Crippen LogP contribution in [-0.4, -0.2) is 18.1 Å². The molecule has 140 valence electrons. The van der Waals surface area contributed by atoms with Crippen LogP contribution in [0, 0.1) is 11.3 Å². The highest BCUT2D eigenvalue weighted by molar-refractivity contribution is 6.31. The molecule has 5 heteroatoms. The molecule has 1 saturated carbocycles. The zero-order valence-corrected chi connectivity index (χ0v) is 16.3. The molecule has 1 aliphatic rings. The standard InChI is InChI=1S/C22H23ClN2O2/c1-14(2)15-3-5-16(6-4-15)22(26)25-18-8-10-19(11-18)27-20-9-7-17(13-24)21(23)12-20/h3-7,9,12,14,18-19H,8,10-11H2,1-2H3,(H,25,26)/t18-,19+/m0/s1. The molecule has 0 saturated heterocycles. The molecule has 0 radical (unpaired) electrons. The number of hydrogen-bond acceptors (Lipinski definition) is 3. The first-order valence-electron chi connectivity index (χ1n) is 9.23. The number of carbonyl (C=O) groups is 1. The molecule has 4 nitrogen and oxygen atoms in total. The molecule has 0 unspecified atom stereocenters. The third kappa shape index (κ3) is 4.81. The number of ether oxygens (including phenoxy) is 1. The summed E-state index contributed by atoms with van der Waals surface area (Å²) in [7, 11) is 0. The largest absolute Gasteiger partial charge is 0.490 e. The van der Waals surface area contributed by atoms with Gasteiger partial charge >= 0.3 is 0 Å². The topological polar surface area (TPSA) is 62.1 Å². The van der Waals surface area contributed by atoms with Crippen LogP contribution in [0.5, 0.6) is 5.75 Å². The molecule has 2 aromatic carbocycles. The van der Waals surface area contributed by atoms with E-state index in [2.05, 4.69) is 19.2 Å². The Morgan fingerprint density at radius 2 is 1.96 bits per heavy atom. The second-order valence-electron chi connectivity index (χ2n) is 7.25. The number of carbonyl (C=O) groups excluding carboxylic acids is 1. The number of nitriles is 1. The van der Waals surface area contributed by atoms with Gasteiger partial charge in [-0.1, -0.05) is 37.6 Å². The van der Waals surface area contributed by atoms with Gasteiger partial charge in [0.05, 0.1) is 10.6 Å². The van der Waals surface area contributed by atoms with Gasteiger partial charge in [0.15, 0.2) is 0 Å². The first-order chi connectivity index (χ1) is 13.0. The molecule has 0 spiro atoms. The van der Waals surface area contributed by atoms with E-state index >= 15 is 0 Å². The van der Waals surface area contributed by atoms with Crippen molar-refractivity contribution in [3.8, 4) is 11.8 Å². The fourth-order valence-corrected chi connectivity index (χ4v) is 3.53. The van der Waals surface area contributed by atoms with Crippen molar-refractivity contribution >= 4 is 17.5 Å². The Bertz CT molecular complexity index is 856. The highest BCUT2D eigenvalue weighted by Crippen LogP contribution is 2.28. The van der Waals surface area contributed by atoms with E-state index in [-0.39, 0.29) is 18.1 Å². The van der Waals surface area contributed by atoms with Crippen LogP contribution in [-0.2, 0) is 0 Å². The summed E-state index contributed by atoms with van der Waals surface area (Å²) in [6, 6.07) is 15.0. The molecule has 1 N–H and O–H groups in total. The van der Waals surface area contributed by atoms with Crippen LogP contribution in [0.1, 0.15) is 60.5 Å². The van der Waals surface area contributed by atoms with Gasteiger partial charge in [-0.2, -0.15) is 5.26 Å². The Labute approximate surface area is 165 Å². The number of benzene rings is 2. The molecule has 0 heterocycles. The van der Waals surface area contributed by atoms with E-state index in [4.69, 9.17) is 21.6 Å².